The molecule has 2 atom stereocenters. The van der Waals surface area contributed by atoms with Gasteiger partial charge in [0.15, 0.2) is 0 Å². The van der Waals surface area contributed by atoms with Crippen molar-refractivity contribution in [3.8, 4) is 0 Å². The molecule has 1 heterocycles. The minimum Gasteiger partial charge on any atom is -0.481 e. The number of aliphatic carboxylic acids is 1. The lowest BCUT2D eigenvalue weighted by molar-refractivity contribution is -0.139. The summed E-state index contributed by atoms with van der Waals surface area (Å²) in [5, 5.41) is 9.13. The van der Waals surface area contributed by atoms with Crippen LogP contribution in [0.3, 0.4) is 0 Å². The Morgan fingerprint density at radius 1 is 1.30 bits per heavy atom. The number of rotatable bonds is 4. The molecule has 1 amide bonds. The summed E-state index contributed by atoms with van der Waals surface area (Å²) in [6, 6.07) is 7.06. The molecule has 23 heavy (non-hydrogen) atoms. The first-order valence-electron chi connectivity index (χ1n) is 7.98. The average Bonchev–Trinajstić information content (AvgIpc) is 3.28. The van der Waals surface area contributed by atoms with Gasteiger partial charge in [-0.25, -0.2) is 0 Å². The van der Waals surface area contributed by atoms with Crippen molar-refractivity contribution in [1.82, 2.24) is 4.90 Å². The number of nitrogens with zero attached hydrogens (tertiary/aromatic N) is 1. The van der Waals surface area contributed by atoms with E-state index < -0.39 is 16.8 Å². The first-order valence-corrected chi connectivity index (χ1v) is 9.30. The number of piperidine rings is 1. The molecule has 124 valence electrons. The maximum atomic E-state index is 12.8. The zero-order valence-corrected chi connectivity index (χ0v) is 14.0. The number of carbonyl (C=O) groups excluding carboxylic acids is 1. The van der Waals surface area contributed by atoms with E-state index in [1.54, 1.807) is 29.2 Å². The van der Waals surface area contributed by atoms with Gasteiger partial charge in [0.2, 0.25) is 0 Å². The van der Waals surface area contributed by atoms with Gasteiger partial charge < -0.3 is 10.0 Å². The van der Waals surface area contributed by atoms with Gasteiger partial charge in [-0.2, -0.15) is 0 Å². The molecule has 1 aliphatic heterocycles. The van der Waals surface area contributed by atoms with Crippen molar-refractivity contribution < 1.29 is 18.9 Å². The molecular formula is C17H21NO4S. The van der Waals surface area contributed by atoms with Crippen molar-refractivity contribution in [2.45, 2.75) is 31.1 Å². The van der Waals surface area contributed by atoms with E-state index in [0.717, 1.165) is 19.3 Å². The molecule has 0 aromatic heterocycles. The summed E-state index contributed by atoms with van der Waals surface area (Å²) in [5.74, 6) is -0.564. The number of carboxylic acids is 1. The number of carbonyl (C=O) groups is 2. The lowest BCUT2D eigenvalue weighted by Gasteiger charge is -2.33. The standard InChI is InChI=1S/C17H21NO4S/c1-2-23(22)14-6-4-3-5-12(14)15(19)18-9-7-17(8-10-18)11-13(17)16(20)21/h3-6,13H,2,7-11H2,1H3,(H,20,21). The molecule has 1 aromatic rings. The second-order valence-corrected chi connectivity index (χ2v) is 8.09. The predicted octanol–water partition coefficient (Wildman–Crippen LogP) is 2.14. The Morgan fingerprint density at radius 3 is 2.52 bits per heavy atom. The average molecular weight is 335 g/mol. The van der Waals surface area contributed by atoms with E-state index in [2.05, 4.69) is 0 Å². The summed E-state index contributed by atoms with van der Waals surface area (Å²) >= 11 is 0. The lowest BCUT2D eigenvalue weighted by Crippen LogP contribution is -2.40. The highest BCUT2D eigenvalue weighted by Gasteiger charge is 2.59. The van der Waals surface area contributed by atoms with Crippen LogP contribution in [-0.4, -0.2) is 44.9 Å². The van der Waals surface area contributed by atoms with Gasteiger partial charge in [-0.15, -0.1) is 0 Å². The van der Waals surface area contributed by atoms with Crippen LogP contribution in [0.1, 0.15) is 36.5 Å². The molecule has 3 rings (SSSR count). The van der Waals surface area contributed by atoms with E-state index in [4.69, 9.17) is 5.11 Å². The van der Waals surface area contributed by atoms with Crippen LogP contribution in [0.15, 0.2) is 29.2 Å². The quantitative estimate of drug-likeness (QED) is 0.915. The molecule has 1 spiro atoms. The summed E-state index contributed by atoms with van der Waals surface area (Å²) in [6.07, 6.45) is 2.23. The monoisotopic (exact) mass is 335 g/mol. The first kappa shape index (κ1) is 16.2. The van der Waals surface area contributed by atoms with Gasteiger partial charge in [0.05, 0.1) is 27.2 Å². The number of likely N-dealkylation sites (tertiary alicyclic amines) is 1. The fraction of sp³-hybridized carbons (Fsp3) is 0.529. The summed E-state index contributed by atoms with van der Waals surface area (Å²) in [4.78, 5) is 26.2. The molecule has 1 N–H and O–H groups in total. The molecule has 6 heteroatoms. The van der Waals surface area contributed by atoms with Crippen molar-refractivity contribution in [2.75, 3.05) is 18.8 Å². The van der Waals surface area contributed by atoms with Crippen LogP contribution in [0.5, 0.6) is 0 Å². The Kier molecular flexibility index (Phi) is 4.27. The minimum absolute atomic E-state index is 0.0889. The highest BCUT2D eigenvalue weighted by atomic mass is 32.2. The van der Waals surface area contributed by atoms with Crippen LogP contribution in [0, 0.1) is 11.3 Å². The molecule has 2 fully saturated rings. The van der Waals surface area contributed by atoms with Crippen molar-refractivity contribution in [1.29, 1.82) is 0 Å². The fourth-order valence-electron chi connectivity index (χ4n) is 3.57. The number of hydrogen-bond acceptors (Lipinski definition) is 3. The first-order chi connectivity index (χ1) is 11.0. The Hall–Kier alpha value is -1.69. The zero-order valence-electron chi connectivity index (χ0n) is 13.2. The van der Waals surface area contributed by atoms with Crippen LogP contribution in [0.2, 0.25) is 0 Å². The number of hydrogen-bond donors (Lipinski definition) is 1. The molecular weight excluding hydrogens is 314 g/mol. The third-order valence-corrected chi connectivity index (χ3v) is 6.53. The van der Waals surface area contributed by atoms with Crippen LogP contribution >= 0.6 is 0 Å². The molecule has 0 bridgehead atoms. The van der Waals surface area contributed by atoms with Crippen LogP contribution in [0.25, 0.3) is 0 Å². The number of benzene rings is 1. The van der Waals surface area contributed by atoms with E-state index in [1.165, 1.54) is 0 Å². The molecule has 1 saturated carbocycles. The normalized spacial score (nSPS) is 23.5. The third-order valence-electron chi connectivity index (χ3n) is 5.16. The largest absolute Gasteiger partial charge is 0.481 e. The van der Waals surface area contributed by atoms with Gasteiger partial charge in [0.1, 0.15) is 0 Å². The fourth-order valence-corrected chi connectivity index (χ4v) is 4.51. The summed E-state index contributed by atoms with van der Waals surface area (Å²) in [7, 11) is -1.17. The maximum Gasteiger partial charge on any atom is 0.307 e. The lowest BCUT2D eigenvalue weighted by atomic mass is 9.90. The Labute approximate surface area is 138 Å². The Morgan fingerprint density at radius 2 is 1.96 bits per heavy atom. The zero-order chi connectivity index (χ0) is 16.6. The second-order valence-electron chi connectivity index (χ2n) is 6.38. The molecule has 2 aliphatic rings. The Balaban J connectivity index is 1.71. The highest BCUT2D eigenvalue weighted by molar-refractivity contribution is 7.85. The van der Waals surface area contributed by atoms with Crippen molar-refractivity contribution in [3.63, 3.8) is 0 Å². The van der Waals surface area contributed by atoms with Gasteiger partial charge in [-0.3, -0.25) is 13.8 Å². The Bertz CT molecular complexity index is 664. The molecule has 0 radical (unpaired) electrons. The van der Waals surface area contributed by atoms with Crippen molar-refractivity contribution >= 4 is 22.7 Å². The predicted molar refractivity (Wildman–Crippen MR) is 86.7 cm³/mol. The van der Waals surface area contributed by atoms with Crippen LogP contribution in [0.4, 0.5) is 0 Å². The van der Waals surface area contributed by atoms with Gasteiger partial charge in [-0.05, 0) is 36.8 Å². The summed E-state index contributed by atoms with van der Waals surface area (Å²) in [6.45, 7) is 2.99. The third kappa shape index (κ3) is 2.92. The smallest absolute Gasteiger partial charge is 0.307 e. The molecule has 1 aromatic carbocycles. The van der Waals surface area contributed by atoms with Gasteiger partial charge in [0.25, 0.3) is 5.91 Å². The van der Waals surface area contributed by atoms with Crippen molar-refractivity contribution in [3.05, 3.63) is 29.8 Å². The summed E-state index contributed by atoms with van der Waals surface area (Å²) < 4.78 is 12.1. The van der Waals surface area contributed by atoms with Gasteiger partial charge in [-0.1, -0.05) is 19.1 Å². The highest BCUT2D eigenvalue weighted by Crippen LogP contribution is 2.59. The molecule has 5 nitrogen and oxygen atoms in total. The topological polar surface area (TPSA) is 74.7 Å². The van der Waals surface area contributed by atoms with Gasteiger partial charge in [0, 0.05) is 18.8 Å². The van der Waals surface area contributed by atoms with E-state index in [1.807, 2.05) is 6.92 Å². The molecule has 1 aliphatic carbocycles. The van der Waals surface area contributed by atoms with E-state index in [9.17, 15) is 13.8 Å². The maximum absolute atomic E-state index is 12.8. The van der Waals surface area contributed by atoms with Gasteiger partial charge >= 0.3 is 5.97 Å². The molecule has 2 unspecified atom stereocenters. The number of amides is 1. The summed E-state index contributed by atoms with van der Waals surface area (Å²) in [5.41, 5.74) is 0.420. The number of carboxylic acid groups (broad SMARTS) is 1. The van der Waals surface area contributed by atoms with E-state index >= 15 is 0 Å². The van der Waals surface area contributed by atoms with Crippen molar-refractivity contribution in [2.24, 2.45) is 11.3 Å². The van der Waals surface area contributed by atoms with Crippen LogP contribution in [-0.2, 0) is 15.6 Å². The van der Waals surface area contributed by atoms with Crippen LogP contribution < -0.4 is 0 Å². The second kappa shape index (κ2) is 6.07. The van der Waals surface area contributed by atoms with E-state index in [-0.39, 0.29) is 17.2 Å². The minimum atomic E-state index is -1.17. The molecule has 1 saturated heterocycles. The SMILES string of the molecule is CCS(=O)c1ccccc1C(=O)N1CCC2(CC1)CC2C(=O)O. The van der Waals surface area contributed by atoms with E-state index in [0.29, 0.717) is 29.3 Å².